The molecule has 1 N–H and O–H groups in total. The Kier molecular flexibility index (Phi) is 6.84. The number of amides is 2. The zero-order chi connectivity index (χ0) is 22.6. The molecule has 1 fully saturated rings. The van der Waals surface area contributed by atoms with Gasteiger partial charge in [-0.05, 0) is 56.2 Å². The van der Waals surface area contributed by atoms with Gasteiger partial charge >= 0.3 is 0 Å². The number of carbonyl (C=O) groups is 2. The van der Waals surface area contributed by atoms with Gasteiger partial charge in [0.2, 0.25) is 21.8 Å². The van der Waals surface area contributed by atoms with Gasteiger partial charge in [0.25, 0.3) is 0 Å². The van der Waals surface area contributed by atoms with Gasteiger partial charge in [0.05, 0.1) is 18.6 Å². The van der Waals surface area contributed by atoms with Crippen LogP contribution in [0.3, 0.4) is 0 Å². The minimum absolute atomic E-state index is 0.0941. The molecule has 0 spiro atoms. The molecule has 2 aromatic carbocycles. The van der Waals surface area contributed by atoms with Gasteiger partial charge in [0.1, 0.15) is 12.3 Å². The molecule has 3 rings (SSSR count). The van der Waals surface area contributed by atoms with E-state index < -0.39 is 22.5 Å². The van der Waals surface area contributed by atoms with Crippen molar-refractivity contribution < 1.29 is 22.7 Å². The molecule has 0 aliphatic carbocycles. The summed E-state index contributed by atoms with van der Waals surface area (Å²) in [6.07, 6.45) is 2.43. The van der Waals surface area contributed by atoms with Crippen LogP contribution in [-0.4, -0.2) is 46.2 Å². The molecule has 1 saturated heterocycles. The van der Waals surface area contributed by atoms with Crippen LogP contribution in [0.2, 0.25) is 0 Å². The van der Waals surface area contributed by atoms with Gasteiger partial charge in [-0.1, -0.05) is 12.1 Å². The van der Waals surface area contributed by atoms with Crippen molar-refractivity contribution in [3.05, 3.63) is 48.0 Å². The van der Waals surface area contributed by atoms with Crippen molar-refractivity contribution in [1.29, 1.82) is 0 Å². The molecule has 0 aromatic heterocycles. The van der Waals surface area contributed by atoms with Gasteiger partial charge in [-0.3, -0.25) is 13.9 Å². The molecule has 31 heavy (non-hydrogen) atoms. The molecule has 0 unspecified atom stereocenters. The lowest BCUT2D eigenvalue weighted by Gasteiger charge is -2.24. The maximum Gasteiger partial charge on any atom is 0.245 e. The van der Waals surface area contributed by atoms with E-state index in [1.807, 2.05) is 6.92 Å². The zero-order valence-corrected chi connectivity index (χ0v) is 18.7. The molecule has 1 aliphatic rings. The molecule has 2 aromatic rings. The lowest BCUT2D eigenvalue weighted by Crippen LogP contribution is -2.37. The van der Waals surface area contributed by atoms with E-state index in [2.05, 4.69) is 5.32 Å². The second kappa shape index (κ2) is 9.38. The fraction of sp³-hybridized carbons (Fsp3) is 0.364. The Morgan fingerprint density at radius 3 is 2.58 bits per heavy atom. The van der Waals surface area contributed by atoms with Crippen molar-refractivity contribution >= 4 is 38.9 Å². The Bertz CT molecular complexity index is 1080. The van der Waals surface area contributed by atoms with Crippen LogP contribution in [0.1, 0.15) is 25.3 Å². The summed E-state index contributed by atoms with van der Waals surface area (Å²) in [7, 11) is -3.73. The highest BCUT2D eigenvalue weighted by Gasteiger charge is 2.25. The summed E-state index contributed by atoms with van der Waals surface area (Å²) >= 11 is 0. The summed E-state index contributed by atoms with van der Waals surface area (Å²) < 4.78 is 31.4. The lowest BCUT2D eigenvalue weighted by atomic mass is 10.1. The van der Waals surface area contributed by atoms with E-state index in [4.69, 9.17) is 4.74 Å². The number of benzene rings is 2. The van der Waals surface area contributed by atoms with Crippen LogP contribution in [0.5, 0.6) is 5.75 Å². The number of aryl methyl sites for hydroxylation is 1. The molecule has 0 saturated carbocycles. The van der Waals surface area contributed by atoms with E-state index in [1.165, 1.54) is 0 Å². The summed E-state index contributed by atoms with van der Waals surface area (Å²) in [5, 5.41) is 2.75. The number of hydrogen-bond donors (Lipinski definition) is 1. The second-order valence-electron chi connectivity index (χ2n) is 7.37. The van der Waals surface area contributed by atoms with Gasteiger partial charge < -0.3 is 15.0 Å². The number of anilines is 3. The molecule has 0 bridgehead atoms. The first-order valence-corrected chi connectivity index (χ1v) is 12.0. The van der Waals surface area contributed by atoms with Gasteiger partial charge in [0, 0.05) is 24.3 Å². The summed E-state index contributed by atoms with van der Waals surface area (Å²) in [6.45, 7) is 4.34. The Hall–Kier alpha value is -3.07. The molecule has 8 nitrogen and oxygen atoms in total. The number of ether oxygens (including phenoxy) is 1. The third-order valence-electron chi connectivity index (χ3n) is 4.97. The van der Waals surface area contributed by atoms with Crippen LogP contribution in [0.4, 0.5) is 17.1 Å². The minimum Gasteiger partial charge on any atom is -0.492 e. The highest BCUT2D eigenvalue weighted by Crippen LogP contribution is 2.30. The number of nitrogens with zero attached hydrogens (tertiary/aromatic N) is 2. The van der Waals surface area contributed by atoms with E-state index in [1.54, 1.807) is 54.3 Å². The number of nitrogens with one attached hydrogen (secondary N) is 1. The summed E-state index contributed by atoms with van der Waals surface area (Å²) in [6, 6.07) is 12.0. The van der Waals surface area contributed by atoms with Crippen LogP contribution in [-0.2, 0) is 19.6 Å². The quantitative estimate of drug-likeness (QED) is 0.674. The smallest absolute Gasteiger partial charge is 0.245 e. The third kappa shape index (κ3) is 5.35. The van der Waals surface area contributed by atoms with Crippen molar-refractivity contribution in [2.75, 3.05) is 40.5 Å². The SMILES string of the molecule is CCOc1ccccc1N(CC(=O)Nc1ccc(N2CCCC2=O)c(C)c1)S(C)(=O)=O. The Morgan fingerprint density at radius 1 is 1.23 bits per heavy atom. The van der Waals surface area contributed by atoms with E-state index >= 15 is 0 Å². The molecule has 0 radical (unpaired) electrons. The normalized spacial score (nSPS) is 13.9. The standard InChI is InChI=1S/C22H27N3O5S/c1-4-30-20-9-6-5-8-19(20)25(31(3,28)29)15-21(26)23-17-11-12-18(16(2)14-17)24-13-7-10-22(24)27/h5-6,8-9,11-12,14H,4,7,10,13,15H2,1-3H3,(H,23,26). The fourth-order valence-corrected chi connectivity index (χ4v) is 4.45. The van der Waals surface area contributed by atoms with E-state index in [0.717, 1.165) is 28.2 Å². The molecule has 0 atom stereocenters. The average molecular weight is 446 g/mol. The molecule has 1 heterocycles. The summed E-state index contributed by atoms with van der Waals surface area (Å²) in [5.74, 6) is -0.00327. The molecule has 2 amide bonds. The first-order chi connectivity index (χ1) is 14.7. The van der Waals surface area contributed by atoms with Crippen molar-refractivity contribution in [3.63, 3.8) is 0 Å². The summed E-state index contributed by atoms with van der Waals surface area (Å²) in [5.41, 5.74) is 2.52. The number of carbonyl (C=O) groups excluding carboxylic acids is 2. The fourth-order valence-electron chi connectivity index (χ4n) is 3.59. The van der Waals surface area contributed by atoms with Crippen LogP contribution in [0, 0.1) is 6.92 Å². The lowest BCUT2D eigenvalue weighted by molar-refractivity contribution is -0.117. The zero-order valence-electron chi connectivity index (χ0n) is 17.9. The molecular formula is C22H27N3O5S. The predicted molar refractivity (Wildman–Crippen MR) is 121 cm³/mol. The van der Waals surface area contributed by atoms with Crippen molar-refractivity contribution in [1.82, 2.24) is 0 Å². The van der Waals surface area contributed by atoms with Gasteiger partial charge in [-0.25, -0.2) is 8.42 Å². The Labute approximate surface area is 182 Å². The van der Waals surface area contributed by atoms with Gasteiger partial charge in [-0.15, -0.1) is 0 Å². The highest BCUT2D eigenvalue weighted by molar-refractivity contribution is 7.92. The monoisotopic (exact) mass is 445 g/mol. The van der Waals surface area contributed by atoms with Crippen LogP contribution in [0.25, 0.3) is 0 Å². The molecular weight excluding hydrogens is 418 g/mol. The largest absolute Gasteiger partial charge is 0.492 e. The van der Waals surface area contributed by atoms with Crippen LogP contribution >= 0.6 is 0 Å². The van der Waals surface area contributed by atoms with Crippen molar-refractivity contribution in [2.45, 2.75) is 26.7 Å². The Morgan fingerprint density at radius 2 is 1.97 bits per heavy atom. The van der Waals surface area contributed by atoms with Crippen molar-refractivity contribution in [2.24, 2.45) is 0 Å². The van der Waals surface area contributed by atoms with Gasteiger partial charge in [-0.2, -0.15) is 0 Å². The number of sulfonamides is 1. The first-order valence-electron chi connectivity index (χ1n) is 10.1. The predicted octanol–water partition coefficient (Wildman–Crippen LogP) is 2.93. The topological polar surface area (TPSA) is 96.0 Å². The first kappa shape index (κ1) is 22.6. The maximum atomic E-state index is 12.7. The van der Waals surface area contributed by atoms with E-state index in [9.17, 15) is 18.0 Å². The number of hydrogen-bond acceptors (Lipinski definition) is 5. The molecule has 9 heteroatoms. The maximum absolute atomic E-state index is 12.7. The third-order valence-corrected chi connectivity index (χ3v) is 6.09. The van der Waals surface area contributed by atoms with Crippen LogP contribution < -0.4 is 19.3 Å². The van der Waals surface area contributed by atoms with E-state index in [0.29, 0.717) is 36.7 Å². The van der Waals surface area contributed by atoms with Crippen molar-refractivity contribution in [3.8, 4) is 5.75 Å². The molecule has 1 aliphatic heterocycles. The highest BCUT2D eigenvalue weighted by atomic mass is 32.2. The molecule has 166 valence electrons. The minimum atomic E-state index is -3.73. The number of para-hydroxylation sites is 2. The van der Waals surface area contributed by atoms with Crippen LogP contribution in [0.15, 0.2) is 42.5 Å². The average Bonchev–Trinajstić information content (AvgIpc) is 3.12. The summed E-state index contributed by atoms with van der Waals surface area (Å²) in [4.78, 5) is 26.4. The second-order valence-corrected chi connectivity index (χ2v) is 9.28. The number of rotatable bonds is 8. The Balaban J connectivity index is 1.78. The van der Waals surface area contributed by atoms with E-state index in [-0.39, 0.29) is 5.91 Å². The van der Waals surface area contributed by atoms with Gasteiger partial charge in [0.15, 0.2) is 0 Å².